The Bertz CT molecular complexity index is 582. The van der Waals surface area contributed by atoms with Gasteiger partial charge in [0.1, 0.15) is 15.2 Å². The van der Waals surface area contributed by atoms with Crippen LogP contribution in [0.4, 0.5) is 5.00 Å². The van der Waals surface area contributed by atoms with Crippen LogP contribution in [0, 0.1) is 0 Å². The predicted octanol–water partition coefficient (Wildman–Crippen LogP) is 1.73. The Morgan fingerprint density at radius 1 is 1.56 bits per heavy atom. The summed E-state index contributed by atoms with van der Waals surface area (Å²) in [4.78, 5) is 15.8. The Morgan fingerprint density at radius 3 is 3.17 bits per heavy atom. The first kappa shape index (κ1) is 13.2. The number of hydrogen-bond acceptors (Lipinski definition) is 6. The molecule has 8 heteroatoms. The van der Waals surface area contributed by atoms with E-state index in [0.717, 1.165) is 23.7 Å². The standard InChI is InChI=1S/C10H12BrN5OS/c1-2-3-13-9-8(14-15-18-9)5-16-6-12-4-7(11)10(16)17/h4,6,13H,2-3,5H2,1H3. The maximum Gasteiger partial charge on any atom is 0.267 e. The molecule has 0 radical (unpaired) electrons. The van der Waals surface area contributed by atoms with Crippen molar-refractivity contribution in [2.45, 2.75) is 19.9 Å². The summed E-state index contributed by atoms with van der Waals surface area (Å²) in [6.07, 6.45) is 4.00. The minimum Gasteiger partial charge on any atom is -0.374 e. The number of nitrogens with zero attached hydrogens (tertiary/aromatic N) is 4. The summed E-state index contributed by atoms with van der Waals surface area (Å²) in [5.74, 6) is 0. The summed E-state index contributed by atoms with van der Waals surface area (Å²) in [6, 6.07) is 0. The van der Waals surface area contributed by atoms with E-state index in [-0.39, 0.29) is 5.56 Å². The Hall–Kier alpha value is -1.28. The Balaban J connectivity index is 2.21. The van der Waals surface area contributed by atoms with Crippen LogP contribution >= 0.6 is 27.5 Å². The number of nitrogens with one attached hydrogen (secondary N) is 1. The largest absolute Gasteiger partial charge is 0.374 e. The summed E-state index contributed by atoms with van der Waals surface area (Å²) in [5, 5.41) is 8.19. The summed E-state index contributed by atoms with van der Waals surface area (Å²) in [7, 11) is 0. The van der Waals surface area contributed by atoms with Gasteiger partial charge >= 0.3 is 0 Å². The molecular formula is C10H12BrN5OS. The molecule has 0 atom stereocenters. The minimum absolute atomic E-state index is 0.126. The molecule has 0 saturated heterocycles. The fourth-order valence-electron chi connectivity index (χ4n) is 1.38. The molecule has 2 aromatic rings. The highest BCUT2D eigenvalue weighted by molar-refractivity contribution is 9.10. The lowest BCUT2D eigenvalue weighted by Crippen LogP contribution is -2.21. The molecule has 0 bridgehead atoms. The highest BCUT2D eigenvalue weighted by Crippen LogP contribution is 2.18. The molecule has 0 spiro atoms. The van der Waals surface area contributed by atoms with E-state index in [4.69, 9.17) is 0 Å². The fourth-order valence-corrected chi connectivity index (χ4v) is 2.33. The summed E-state index contributed by atoms with van der Waals surface area (Å²) in [5.41, 5.74) is 0.634. The lowest BCUT2D eigenvalue weighted by atomic mass is 10.4. The zero-order valence-corrected chi connectivity index (χ0v) is 12.2. The van der Waals surface area contributed by atoms with Gasteiger partial charge in [-0.05, 0) is 22.4 Å². The maximum absolute atomic E-state index is 11.8. The second-order valence-electron chi connectivity index (χ2n) is 3.65. The van der Waals surface area contributed by atoms with Gasteiger partial charge < -0.3 is 5.32 Å². The Kier molecular flexibility index (Phi) is 4.43. The molecule has 0 aliphatic carbocycles. The monoisotopic (exact) mass is 329 g/mol. The molecular weight excluding hydrogens is 318 g/mol. The zero-order chi connectivity index (χ0) is 13.0. The van der Waals surface area contributed by atoms with Crippen LogP contribution in [0.5, 0.6) is 0 Å². The van der Waals surface area contributed by atoms with E-state index < -0.39 is 0 Å². The quantitative estimate of drug-likeness (QED) is 0.904. The van der Waals surface area contributed by atoms with E-state index in [2.05, 4.69) is 42.7 Å². The van der Waals surface area contributed by atoms with Gasteiger partial charge in [0.15, 0.2) is 0 Å². The molecule has 18 heavy (non-hydrogen) atoms. The van der Waals surface area contributed by atoms with E-state index in [0.29, 0.717) is 11.0 Å². The highest BCUT2D eigenvalue weighted by Gasteiger charge is 2.09. The van der Waals surface area contributed by atoms with Crippen LogP contribution in [0.15, 0.2) is 21.8 Å². The molecule has 6 nitrogen and oxygen atoms in total. The second-order valence-corrected chi connectivity index (χ2v) is 5.26. The smallest absolute Gasteiger partial charge is 0.267 e. The molecule has 2 rings (SSSR count). The lowest BCUT2D eigenvalue weighted by Gasteiger charge is -2.05. The van der Waals surface area contributed by atoms with Gasteiger partial charge in [-0.2, -0.15) is 0 Å². The molecule has 0 unspecified atom stereocenters. The molecule has 2 aromatic heterocycles. The first-order valence-corrected chi connectivity index (χ1v) is 7.04. The van der Waals surface area contributed by atoms with Crippen LogP contribution in [0.25, 0.3) is 0 Å². The first-order valence-electron chi connectivity index (χ1n) is 5.47. The minimum atomic E-state index is -0.126. The number of anilines is 1. The van der Waals surface area contributed by atoms with Crippen molar-refractivity contribution in [2.75, 3.05) is 11.9 Å². The van der Waals surface area contributed by atoms with E-state index >= 15 is 0 Å². The molecule has 0 amide bonds. The van der Waals surface area contributed by atoms with Crippen LogP contribution in [0.1, 0.15) is 19.0 Å². The average Bonchev–Trinajstić information content (AvgIpc) is 2.80. The third-order valence-corrected chi connectivity index (χ3v) is 3.54. The summed E-state index contributed by atoms with van der Waals surface area (Å²) in [6.45, 7) is 3.32. The van der Waals surface area contributed by atoms with Gasteiger partial charge in [0.2, 0.25) is 0 Å². The Morgan fingerprint density at radius 2 is 2.39 bits per heavy atom. The van der Waals surface area contributed by atoms with Crippen molar-refractivity contribution in [2.24, 2.45) is 0 Å². The van der Waals surface area contributed by atoms with Gasteiger partial charge in [-0.25, -0.2) is 4.98 Å². The molecule has 0 fully saturated rings. The number of rotatable bonds is 5. The van der Waals surface area contributed by atoms with Crippen molar-refractivity contribution < 1.29 is 0 Å². The van der Waals surface area contributed by atoms with Crippen LogP contribution in [0.3, 0.4) is 0 Å². The van der Waals surface area contributed by atoms with Gasteiger partial charge in [-0.1, -0.05) is 11.4 Å². The normalized spacial score (nSPS) is 10.6. The van der Waals surface area contributed by atoms with Gasteiger partial charge in [-0.3, -0.25) is 9.36 Å². The number of halogens is 1. The van der Waals surface area contributed by atoms with Crippen LogP contribution in [0.2, 0.25) is 0 Å². The third kappa shape index (κ3) is 2.94. The van der Waals surface area contributed by atoms with Gasteiger partial charge in [0, 0.05) is 24.3 Å². The highest BCUT2D eigenvalue weighted by atomic mass is 79.9. The van der Waals surface area contributed by atoms with Crippen molar-refractivity contribution in [3.8, 4) is 0 Å². The summed E-state index contributed by atoms with van der Waals surface area (Å²) >= 11 is 4.46. The molecule has 2 heterocycles. The summed E-state index contributed by atoms with van der Waals surface area (Å²) < 4.78 is 5.84. The van der Waals surface area contributed by atoms with Crippen LogP contribution in [-0.2, 0) is 6.54 Å². The molecule has 96 valence electrons. The number of hydrogen-bond donors (Lipinski definition) is 1. The second kappa shape index (κ2) is 6.05. The van der Waals surface area contributed by atoms with Crippen molar-refractivity contribution in [3.05, 3.63) is 33.0 Å². The van der Waals surface area contributed by atoms with E-state index in [1.54, 1.807) is 0 Å². The topological polar surface area (TPSA) is 72.7 Å². The fraction of sp³-hybridized carbons (Fsp3) is 0.400. The molecule has 0 aliphatic heterocycles. The van der Waals surface area contributed by atoms with Gasteiger partial charge in [0.25, 0.3) is 5.56 Å². The van der Waals surface area contributed by atoms with E-state index in [1.165, 1.54) is 28.6 Å². The predicted molar refractivity (Wildman–Crippen MR) is 74.0 cm³/mol. The van der Waals surface area contributed by atoms with Crippen molar-refractivity contribution >= 4 is 32.5 Å². The molecule has 0 aromatic carbocycles. The number of aromatic nitrogens is 4. The Labute approximate surface area is 116 Å². The van der Waals surface area contributed by atoms with Gasteiger partial charge in [-0.15, -0.1) is 5.10 Å². The van der Waals surface area contributed by atoms with Crippen molar-refractivity contribution in [1.82, 2.24) is 19.1 Å². The molecule has 0 aliphatic rings. The maximum atomic E-state index is 11.8. The van der Waals surface area contributed by atoms with Crippen molar-refractivity contribution in [1.29, 1.82) is 0 Å². The average molecular weight is 330 g/mol. The zero-order valence-electron chi connectivity index (χ0n) is 9.76. The first-order chi connectivity index (χ1) is 8.72. The SMILES string of the molecule is CCCNc1snnc1Cn1cncc(Br)c1=O. The molecule has 0 saturated carbocycles. The van der Waals surface area contributed by atoms with Crippen LogP contribution < -0.4 is 10.9 Å². The third-order valence-electron chi connectivity index (χ3n) is 2.27. The van der Waals surface area contributed by atoms with Gasteiger partial charge in [0.05, 0.1) is 12.9 Å². The van der Waals surface area contributed by atoms with Crippen molar-refractivity contribution in [3.63, 3.8) is 0 Å². The van der Waals surface area contributed by atoms with Crippen LogP contribution in [-0.4, -0.2) is 25.7 Å². The molecule has 1 N–H and O–H groups in total. The van der Waals surface area contributed by atoms with E-state index in [1.807, 2.05) is 0 Å². The van der Waals surface area contributed by atoms with E-state index in [9.17, 15) is 4.79 Å². The lowest BCUT2D eigenvalue weighted by molar-refractivity contribution is 0.711.